The van der Waals surface area contributed by atoms with Crippen molar-refractivity contribution in [1.29, 1.82) is 0 Å². The van der Waals surface area contributed by atoms with Gasteiger partial charge < -0.3 is 9.53 Å². The van der Waals surface area contributed by atoms with Crippen LogP contribution < -0.4 is 0 Å². The Morgan fingerprint density at radius 3 is 1.86 bits per heavy atom. The van der Waals surface area contributed by atoms with E-state index in [1.54, 1.807) is 6.92 Å². The number of esters is 1. The third-order valence-electron chi connectivity index (χ3n) is 2.44. The van der Waals surface area contributed by atoms with Gasteiger partial charge in [-0.3, -0.25) is 4.79 Å². The van der Waals surface area contributed by atoms with Gasteiger partial charge in [-0.2, -0.15) is 0 Å². The van der Waals surface area contributed by atoms with E-state index >= 15 is 0 Å². The van der Waals surface area contributed by atoms with E-state index in [0.29, 0.717) is 12.5 Å². The zero-order chi connectivity index (χ0) is 17.4. The molecular formula is C19H32O3. The van der Waals surface area contributed by atoms with E-state index in [0.717, 1.165) is 19.3 Å². The fraction of sp³-hybridized carbons (Fsp3) is 0.579. The smallest absolute Gasteiger partial charge is 0.302 e. The van der Waals surface area contributed by atoms with Crippen molar-refractivity contribution in [2.75, 3.05) is 6.61 Å². The number of aryl methyl sites for hydroxylation is 1. The van der Waals surface area contributed by atoms with Crippen molar-refractivity contribution in [2.24, 2.45) is 5.92 Å². The maximum absolute atomic E-state index is 10.3. The van der Waals surface area contributed by atoms with Gasteiger partial charge in [0.05, 0.1) is 6.61 Å². The fourth-order valence-corrected chi connectivity index (χ4v) is 1.47. The molecule has 0 heterocycles. The molecule has 0 N–H and O–H groups in total. The van der Waals surface area contributed by atoms with E-state index in [9.17, 15) is 9.59 Å². The van der Waals surface area contributed by atoms with E-state index in [1.165, 1.54) is 12.5 Å². The maximum atomic E-state index is 10.3. The average molecular weight is 308 g/mol. The summed E-state index contributed by atoms with van der Waals surface area (Å²) in [5, 5.41) is 0. The molecule has 0 aliphatic heterocycles. The molecule has 0 atom stereocenters. The van der Waals surface area contributed by atoms with Crippen molar-refractivity contribution in [3.8, 4) is 0 Å². The van der Waals surface area contributed by atoms with Crippen LogP contribution >= 0.6 is 0 Å². The van der Waals surface area contributed by atoms with Crippen LogP contribution in [0.1, 0.15) is 59.4 Å². The lowest BCUT2D eigenvalue weighted by Gasteiger charge is -1.96. The summed E-state index contributed by atoms with van der Waals surface area (Å²) in [6.07, 6.45) is 2.77. The summed E-state index contributed by atoms with van der Waals surface area (Å²) >= 11 is 0. The molecule has 3 nitrogen and oxygen atoms in total. The topological polar surface area (TPSA) is 43.4 Å². The summed E-state index contributed by atoms with van der Waals surface area (Å²) in [5.74, 6) is 0.631. The molecule has 0 saturated heterocycles. The van der Waals surface area contributed by atoms with Crippen LogP contribution in [-0.2, 0) is 14.3 Å². The molecular weight excluding hydrogens is 276 g/mol. The Bertz CT molecular complexity index is 383. The molecule has 0 saturated carbocycles. The lowest BCUT2D eigenvalue weighted by atomic mass is 10.1. The van der Waals surface area contributed by atoms with E-state index in [1.807, 2.05) is 32.0 Å². The fourth-order valence-electron chi connectivity index (χ4n) is 1.47. The summed E-state index contributed by atoms with van der Waals surface area (Å²) in [6, 6.07) is 10.3. The quantitative estimate of drug-likeness (QED) is 0.570. The SMILES string of the molecule is CC(=O)CC(C)C.CCCCOC(C)=O.Cc1ccccc1. The number of unbranched alkanes of at least 4 members (excludes halogenated alkanes) is 1. The summed E-state index contributed by atoms with van der Waals surface area (Å²) in [4.78, 5) is 20.4. The van der Waals surface area contributed by atoms with E-state index in [2.05, 4.69) is 30.7 Å². The Morgan fingerprint density at radius 1 is 1.09 bits per heavy atom. The number of hydrogen-bond donors (Lipinski definition) is 0. The standard InChI is InChI=1S/C7H8.C6H12O2.C6H12O/c1-7-5-3-2-4-6-7;1-3-4-5-8-6(2)7;1-5(2)4-6(3)7/h2-6H,1H3;3-5H2,1-2H3;5H,4H2,1-3H3. The van der Waals surface area contributed by atoms with Crippen molar-refractivity contribution < 1.29 is 14.3 Å². The van der Waals surface area contributed by atoms with Crippen LogP contribution in [0.3, 0.4) is 0 Å². The van der Waals surface area contributed by atoms with Crippen LogP contribution in [0.2, 0.25) is 0 Å². The Morgan fingerprint density at radius 2 is 1.64 bits per heavy atom. The van der Waals surface area contributed by atoms with Crippen molar-refractivity contribution in [3.05, 3.63) is 35.9 Å². The maximum Gasteiger partial charge on any atom is 0.302 e. The molecule has 3 heteroatoms. The van der Waals surface area contributed by atoms with Gasteiger partial charge in [0, 0.05) is 13.3 Å². The zero-order valence-corrected chi connectivity index (χ0v) is 15.0. The molecule has 0 amide bonds. The molecule has 1 aromatic rings. The zero-order valence-electron chi connectivity index (χ0n) is 15.0. The van der Waals surface area contributed by atoms with Gasteiger partial charge in [-0.15, -0.1) is 0 Å². The van der Waals surface area contributed by atoms with Crippen molar-refractivity contribution in [1.82, 2.24) is 0 Å². The van der Waals surface area contributed by atoms with Crippen LogP contribution in [-0.4, -0.2) is 18.4 Å². The minimum Gasteiger partial charge on any atom is -0.466 e. The highest BCUT2D eigenvalue weighted by atomic mass is 16.5. The second-order valence-corrected chi connectivity index (χ2v) is 5.65. The summed E-state index contributed by atoms with van der Waals surface area (Å²) in [6.45, 7) is 11.9. The van der Waals surface area contributed by atoms with Gasteiger partial charge in [-0.1, -0.05) is 63.1 Å². The van der Waals surface area contributed by atoms with Crippen molar-refractivity contribution in [2.45, 2.75) is 60.8 Å². The van der Waals surface area contributed by atoms with Gasteiger partial charge in [0.15, 0.2) is 0 Å². The number of carbonyl (C=O) groups excluding carboxylic acids is 2. The highest BCUT2D eigenvalue weighted by Gasteiger charge is 1.95. The van der Waals surface area contributed by atoms with Crippen LogP contribution in [0.5, 0.6) is 0 Å². The monoisotopic (exact) mass is 308 g/mol. The van der Waals surface area contributed by atoms with Gasteiger partial charge in [-0.25, -0.2) is 0 Å². The van der Waals surface area contributed by atoms with Crippen LogP contribution in [0.25, 0.3) is 0 Å². The second kappa shape index (κ2) is 15.7. The van der Waals surface area contributed by atoms with Gasteiger partial charge in [0.2, 0.25) is 0 Å². The highest BCUT2D eigenvalue weighted by molar-refractivity contribution is 5.75. The van der Waals surface area contributed by atoms with E-state index in [4.69, 9.17) is 0 Å². The number of benzene rings is 1. The minimum atomic E-state index is -0.182. The van der Waals surface area contributed by atoms with Gasteiger partial charge in [0.1, 0.15) is 5.78 Å². The first-order valence-electron chi connectivity index (χ1n) is 7.94. The largest absolute Gasteiger partial charge is 0.466 e. The predicted octanol–water partition coefficient (Wildman–Crippen LogP) is 4.97. The molecule has 0 aliphatic carbocycles. The third kappa shape index (κ3) is 23.5. The lowest BCUT2D eigenvalue weighted by Crippen LogP contribution is -1.99. The van der Waals surface area contributed by atoms with E-state index < -0.39 is 0 Å². The number of carbonyl (C=O) groups is 2. The number of ketones is 1. The summed E-state index contributed by atoms with van der Waals surface area (Å²) in [5.41, 5.74) is 1.32. The number of Topliss-reactive ketones (excluding diaryl/α,β-unsaturated/α-hetero) is 1. The first-order chi connectivity index (χ1) is 10.3. The molecule has 0 bridgehead atoms. The second-order valence-electron chi connectivity index (χ2n) is 5.65. The molecule has 1 aromatic carbocycles. The molecule has 0 aromatic heterocycles. The van der Waals surface area contributed by atoms with Crippen molar-refractivity contribution in [3.63, 3.8) is 0 Å². The molecule has 0 aliphatic rings. The first-order valence-corrected chi connectivity index (χ1v) is 7.94. The Balaban J connectivity index is 0. The first kappa shape index (κ1) is 22.6. The van der Waals surface area contributed by atoms with E-state index in [-0.39, 0.29) is 11.8 Å². The number of hydrogen-bond acceptors (Lipinski definition) is 3. The van der Waals surface area contributed by atoms with Gasteiger partial charge in [-0.05, 0) is 26.2 Å². The molecule has 0 unspecified atom stereocenters. The third-order valence-corrected chi connectivity index (χ3v) is 2.44. The van der Waals surface area contributed by atoms with Crippen molar-refractivity contribution >= 4 is 11.8 Å². The Kier molecular flexibility index (Phi) is 16.2. The molecule has 0 spiro atoms. The van der Waals surface area contributed by atoms with Gasteiger partial charge >= 0.3 is 5.97 Å². The van der Waals surface area contributed by atoms with Crippen LogP contribution in [0.15, 0.2) is 30.3 Å². The van der Waals surface area contributed by atoms with Gasteiger partial charge in [0.25, 0.3) is 0 Å². The molecule has 1 rings (SSSR count). The summed E-state index contributed by atoms with van der Waals surface area (Å²) in [7, 11) is 0. The Hall–Kier alpha value is -1.64. The molecule has 0 radical (unpaired) electrons. The highest BCUT2D eigenvalue weighted by Crippen LogP contribution is 1.97. The minimum absolute atomic E-state index is 0.182. The number of ether oxygens (including phenoxy) is 1. The molecule has 0 fully saturated rings. The van der Waals surface area contributed by atoms with Crippen LogP contribution in [0, 0.1) is 12.8 Å². The average Bonchev–Trinajstić information content (AvgIpc) is 2.39. The normalized spacial score (nSPS) is 9.05. The summed E-state index contributed by atoms with van der Waals surface area (Å²) < 4.78 is 4.64. The molecule has 126 valence electrons. The van der Waals surface area contributed by atoms with Crippen LogP contribution in [0.4, 0.5) is 0 Å². The molecule has 22 heavy (non-hydrogen) atoms. The number of rotatable bonds is 5. The lowest BCUT2D eigenvalue weighted by molar-refractivity contribution is -0.141. The predicted molar refractivity (Wildman–Crippen MR) is 92.9 cm³/mol. The Labute approximate surface area is 136 Å².